The average molecular weight is 318 g/mol. The molecule has 1 aliphatic rings. The fraction of sp³-hybridized carbons (Fsp3) is 0.500. The Morgan fingerprint density at radius 2 is 2.10 bits per heavy atom. The minimum atomic E-state index is -3.75. The Hall–Kier alpha value is -0.960. The monoisotopic (exact) mass is 318 g/mol. The summed E-state index contributed by atoms with van der Waals surface area (Å²) in [5, 5.41) is 0. The summed E-state index contributed by atoms with van der Waals surface area (Å²) < 4.78 is 50.2. The Morgan fingerprint density at radius 3 is 2.65 bits per heavy atom. The minimum Gasteiger partial charge on any atom is -0.326 e. The van der Waals surface area contributed by atoms with Gasteiger partial charge in [-0.2, -0.15) is 0 Å². The van der Waals surface area contributed by atoms with Crippen LogP contribution in [-0.4, -0.2) is 33.9 Å². The number of nitrogens with two attached hydrogens (primary N) is 1. The van der Waals surface area contributed by atoms with Gasteiger partial charge in [0.15, 0.2) is 9.84 Å². The predicted molar refractivity (Wildman–Crippen MR) is 76.3 cm³/mol. The SMILES string of the molecule is CC1(NS(=O)(=O)c2cccc(CN)c2)CCS(=O)(=O)C1. The lowest BCUT2D eigenvalue weighted by molar-refractivity contribution is 0.461. The summed E-state index contributed by atoms with van der Waals surface area (Å²) in [6.07, 6.45) is 0.283. The van der Waals surface area contributed by atoms with E-state index in [0.717, 1.165) is 0 Å². The number of rotatable bonds is 4. The number of sulfone groups is 1. The molecule has 1 aliphatic heterocycles. The highest BCUT2D eigenvalue weighted by Gasteiger charge is 2.41. The fourth-order valence-corrected chi connectivity index (χ4v) is 6.00. The third kappa shape index (κ3) is 3.38. The van der Waals surface area contributed by atoms with Crippen molar-refractivity contribution in [3.05, 3.63) is 29.8 Å². The molecule has 8 heteroatoms. The molecule has 0 spiro atoms. The summed E-state index contributed by atoms with van der Waals surface area (Å²) in [5.41, 5.74) is 5.25. The van der Waals surface area contributed by atoms with Crippen LogP contribution in [0, 0.1) is 0 Å². The molecule has 0 aliphatic carbocycles. The van der Waals surface area contributed by atoms with Gasteiger partial charge in [0.1, 0.15) is 0 Å². The molecule has 112 valence electrons. The van der Waals surface area contributed by atoms with Crippen LogP contribution in [0.5, 0.6) is 0 Å². The molecule has 1 aromatic rings. The molecule has 1 saturated heterocycles. The normalized spacial score (nSPS) is 25.7. The Morgan fingerprint density at radius 1 is 1.40 bits per heavy atom. The van der Waals surface area contributed by atoms with Gasteiger partial charge in [0, 0.05) is 12.1 Å². The Labute approximate surface area is 119 Å². The Bertz CT molecular complexity index is 713. The molecule has 1 fully saturated rings. The van der Waals surface area contributed by atoms with Gasteiger partial charge in [-0.25, -0.2) is 21.6 Å². The predicted octanol–water partition coefficient (Wildman–Crippen LogP) is 0.000800. The van der Waals surface area contributed by atoms with Gasteiger partial charge in [-0.3, -0.25) is 0 Å². The summed E-state index contributed by atoms with van der Waals surface area (Å²) >= 11 is 0. The second-order valence-corrected chi connectivity index (χ2v) is 9.23. The van der Waals surface area contributed by atoms with Gasteiger partial charge in [-0.15, -0.1) is 0 Å². The molecule has 1 heterocycles. The van der Waals surface area contributed by atoms with Crippen LogP contribution in [0.1, 0.15) is 18.9 Å². The van der Waals surface area contributed by atoms with E-state index in [1.807, 2.05) is 0 Å². The zero-order chi connectivity index (χ0) is 15.0. The summed E-state index contributed by atoms with van der Waals surface area (Å²) in [7, 11) is -6.92. The van der Waals surface area contributed by atoms with E-state index in [-0.39, 0.29) is 29.4 Å². The lowest BCUT2D eigenvalue weighted by atomic mass is 10.0. The molecule has 0 saturated carbocycles. The molecule has 0 amide bonds. The maximum absolute atomic E-state index is 12.3. The molecule has 0 bridgehead atoms. The van der Waals surface area contributed by atoms with Gasteiger partial charge < -0.3 is 5.73 Å². The second kappa shape index (κ2) is 5.10. The van der Waals surface area contributed by atoms with Gasteiger partial charge >= 0.3 is 0 Å². The standard InChI is InChI=1S/C12H18N2O4S2/c1-12(5-6-19(15,16)9-12)14-20(17,18)11-4-2-3-10(7-11)8-13/h2-4,7,14H,5-6,8-9,13H2,1H3. The van der Waals surface area contributed by atoms with E-state index < -0.39 is 25.4 Å². The van der Waals surface area contributed by atoms with Crippen LogP contribution in [0.3, 0.4) is 0 Å². The molecule has 20 heavy (non-hydrogen) atoms. The maximum atomic E-state index is 12.3. The molecule has 0 aromatic heterocycles. The van der Waals surface area contributed by atoms with E-state index in [4.69, 9.17) is 5.73 Å². The van der Waals surface area contributed by atoms with Crippen molar-refractivity contribution >= 4 is 19.9 Å². The number of nitrogens with one attached hydrogen (secondary N) is 1. The molecule has 0 radical (unpaired) electrons. The highest BCUT2D eigenvalue weighted by atomic mass is 32.2. The van der Waals surface area contributed by atoms with E-state index in [0.29, 0.717) is 5.56 Å². The molecule has 1 atom stereocenters. The van der Waals surface area contributed by atoms with Crippen molar-refractivity contribution in [3.8, 4) is 0 Å². The first-order valence-corrected chi connectivity index (χ1v) is 9.50. The zero-order valence-electron chi connectivity index (χ0n) is 11.2. The molecule has 2 rings (SSSR count). The van der Waals surface area contributed by atoms with Crippen molar-refractivity contribution in [2.24, 2.45) is 5.73 Å². The third-order valence-electron chi connectivity index (χ3n) is 3.33. The molecular weight excluding hydrogens is 300 g/mol. The number of hydrogen-bond donors (Lipinski definition) is 2. The topological polar surface area (TPSA) is 106 Å². The molecule has 6 nitrogen and oxygen atoms in total. The van der Waals surface area contributed by atoms with Crippen molar-refractivity contribution < 1.29 is 16.8 Å². The number of hydrogen-bond acceptors (Lipinski definition) is 5. The van der Waals surface area contributed by atoms with E-state index in [1.54, 1.807) is 19.1 Å². The van der Waals surface area contributed by atoms with E-state index in [9.17, 15) is 16.8 Å². The van der Waals surface area contributed by atoms with Crippen molar-refractivity contribution in [1.29, 1.82) is 0 Å². The highest BCUT2D eigenvalue weighted by molar-refractivity contribution is 7.92. The molecule has 1 unspecified atom stereocenters. The number of sulfonamides is 1. The van der Waals surface area contributed by atoms with Crippen LogP contribution < -0.4 is 10.5 Å². The first-order valence-electron chi connectivity index (χ1n) is 6.19. The second-order valence-electron chi connectivity index (χ2n) is 5.36. The van der Waals surface area contributed by atoms with Crippen LogP contribution in [0.2, 0.25) is 0 Å². The van der Waals surface area contributed by atoms with Gasteiger partial charge in [-0.1, -0.05) is 12.1 Å². The minimum absolute atomic E-state index is 0.00879. The summed E-state index contributed by atoms with van der Waals surface area (Å²) in [6, 6.07) is 6.31. The zero-order valence-corrected chi connectivity index (χ0v) is 12.8. The van der Waals surface area contributed by atoms with Gasteiger partial charge in [0.2, 0.25) is 10.0 Å². The first-order chi connectivity index (χ1) is 9.16. The average Bonchev–Trinajstić information content (AvgIpc) is 2.62. The Kier molecular flexibility index (Phi) is 3.94. The van der Waals surface area contributed by atoms with Crippen LogP contribution in [0.25, 0.3) is 0 Å². The summed E-state index contributed by atoms with van der Waals surface area (Å²) in [6.45, 7) is 1.86. The lowest BCUT2D eigenvalue weighted by Gasteiger charge is -2.23. The summed E-state index contributed by atoms with van der Waals surface area (Å²) in [5.74, 6) is -0.162. The van der Waals surface area contributed by atoms with E-state index >= 15 is 0 Å². The fourth-order valence-electron chi connectivity index (χ4n) is 2.31. The maximum Gasteiger partial charge on any atom is 0.241 e. The van der Waals surface area contributed by atoms with Crippen molar-refractivity contribution in [1.82, 2.24) is 4.72 Å². The molecule has 3 N–H and O–H groups in total. The van der Waals surface area contributed by atoms with Gasteiger partial charge in [-0.05, 0) is 31.0 Å². The number of benzene rings is 1. The molecular formula is C12H18N2O4S2. The Balaban J connectivity index is 2.28. The van der Waals surface area contributed by atoms with Gasteiger partial charge in [0.25, 0.3) is 0 Å². The largest absolute Gasteiger partial charge is 0.326 e. The third-order valence-corrected chi connectivity index (χ3v) is 6.87. The quantitative estimate of drug-likeness (QED) is 0.813. The van der Waals surface area contributed by atoms with Crippen LogP contribution in [-0.2, 0) is 26.4 Å². The smallest absolute Gasteiger partial charge is 0.241 e. The lowest BCUT2D eigenvalue weighted by Crippen LogP contribution is -2.46. The first kappa shape index (κ1) is 15.4. The van der Waals surface area contributed by atoms with Crippen molar-refractivity contribution in [2.75, 3.05) is 11.5 Å². The van der Waals surface area contributed by atoms with Gasteiger partial charge in [0.05, 0.1) is 16.4 Å². The van der Waals surface area contributed by atoms with Crippen molar-refractivity contribution in [2.45, 2.75) is 30.3 Å². The van der Waals surface area contributed by atoms with Crippen LogP contribution >= 0.6 is 0 Å². The van der Waals surface area contributed by atoms with E-state index in [1.165, 1.54) is 12.1 Å². The highest BCUT2D eigenvalue weighted by Crippen LogP contribution is 2.25. The van der Waals surface area contributed by atoms with Crippen molar-refractivity contribution in [3.63, 3.8) is 0 Å². The molecule has 1 aromatic carbocycles. The summed E-state index contributed by atoms with van der Waals surface area (Å²) in [4.78, 5) is 0.103. The van der Waals surface area contributed by atoms with Crippen LogP contribution in [0.4, 0.5) is 0 Å². The van der Waals surface area contributed by atoms with Crippen LogP contribution in [0.15, 0.2) is 29.2 Å². The van der Waals surface area contributed by atoms with E-state index in [2.05, 4.69) is 4.72 Å².